The predicted molar refractivity (Wildman–Crippen MR) is 649 cm³/mol. The minimum Gasteiger partial charge on any atom is -0.0622 e. The van der Waals surface area contributed by atoms with Crippen LogP contribution in [0.3, 0.4) is 0 Å². The van der Waals surface area contributed by atoms with Crippen molar-refractivity contribution >= 4 is 129 Å². The van der Waals surface area contributed by atoms with Crippen LogP contribution in [-0.2, 0) is 0 Å². The van der Waals surface area contributed by atoms with E-state index in [-0.39, 0.29) is 53.5 Å². The SMILES string of the molecule is [2HH].[2H]c1c([2H])c([2H])c(-c2ccc3c(-c4ccccc4)c4ccccc4c(-c4ccccc4)c3c2)c([2H])c1[2H].[2H]c1cc([2H])c2c(-c3c([2H])c([2H])c4c(-c5c([2H])c([2H])c([2H])c([2H])c5[2H])c5c([2H])c([2H])c([2H])c([2H])c5c(-c5c([2H])c([2H])c([2H])c([2H])c5[2H])c4c3[2H])cc([2H])c([2H])c2c1[2H].c1ccc(-c2c3ccccc3c(-c3ccccc3)c3cc(-c4ccc5ccccc5c4)ccc23)cc1.c1ccc(-c2c3ccccc3c(-c3ccccc3)c3cc(-c4cccc5cc(-c6cccc7ccccc67)ccc45)ccc23)cc1. The van der Waals surface area contributed by atoms with Gasteiger partial charge in [0.05, 0.1) is 37.0 Å². The molecule has 0 nitrogen and oxygen atoms in total. The van der Waals surface area contributed by atoms with Crippen LogP contribution in [0.4, 0.5) is 0 Å². The molecule has 29 aromatic rings. The van der Waals surface area contributed by atoms with Gasteiger partial charge < -0.3 is 0 Å². The zero-order chi connectivity index (χ0) is 123. The summed E-state index contributed by atoms with van der Waals surface area (Å²) in [7, 11) is 0. The molecule has 0 atom stereocenters. The molecule has 29 aromatic carbocycles. The highest BCUT2D eigenvalue weighted by molar-refractivity contribution is 6.27. The molecular formula is C150H102. The first-order valence-electron chi connectivity index (χ1n) is 63.2. The lowest BCUT2D eigenvalue weighted by atomic mass is 9.84. The fourth-order valence-electron chi connectivity index (χ4n) is 21.7. The molecule has 0 amide bonds. The van der Waals surface area contributed by atoms with Crippen LogP contribution in [0, 0.1) is 0 Å². The lowest BCUT2D eigenvalue weighted by Crippen LogP contribution is -1.92. The Morgan fingerprint density at radius 3 is 0.860 bits per heavy atom. The van der Waals surface area contributed by atoms with Gasteiger partial charge in [0.25, 0.3) is 0 Å². The minimum atomic E-state index is -0.910. The van der Waals surface area contributed by atoms with Crippen LogP contribution in [0.15, 0.2) is 606 Å². The molecule has 0 bridgehead atoms. The molecule has 0 heterocycles. The zero-order valence-electron chi connectivity index (χ0n) is 108. The first-order chi connectivity index (χ1) is 85.7. The Labute approximate surface area is 913 Å². The molecule has 0 fully saturated rings. The predicted octanol–water partition coefficient (Wildman–Crippen LogP) is 42.5. The van der Waals surface area contributed by atoms with Crippen molar-refractivity contribution < 1.29 is 38.4 Å². The van der Waals surface area contributed by atoms with Crippen molar-refractivity contribution in [3.63, 3.8) is 0 Å². The molecule has 0 radical (unpaired) electrons. The molecule has 0 aliphatic rings. The Balaban J connectivity index is 0.000000119. The highest BCUT2D eigenvalue weighted by Gasteiger charge is 2.25. The first-order valence-corrected chi connectivity index (χ1v) is 49.7. The third-order valence-corrected chi connectivity index (χ3v) is 28.3. The third-order valence-electron chi connectivity index (χ3n) is 28.3. The van der Waals surface area contributed by atoms with Gasteiger partial charge in [0.2, 0.25) is 0 Å². The fourth-order valence-corrected chi connectivity index (χ4v) is 21.7. The maximum absolute atomic E-state index is 9.84. The molecule has 702 valence electrons. The van der Waals surface area contributed by atoms with Gasteiger partial charge in [0.1, 0.15) is 0 Å². The Hall–Kier alpha value is -19.5. The van der Waals surface area contributed by atoms with Crippen LogP contribution < -0.4 is 0 Å². The Morgan fingerprint density at radius 2 is 0.400 bits per heavy atom. The van der Waals surface area contributed by atoms with Crippen LogP contribution in [-0.4, -0.2) is 0 Å². The topological polar surface area (TPSA) is 0 Å². The van der Waals surface area contributed by atoms with E-state index < -0.39 is 182 Å². The highest BCUT2D eigenvalue weighted by atomic mass is 14.3. The summed E-state index contributed by atoms with van der Waals surface area (Å²) >= 11 is 0. The van der Waals surface area contributed by atoms with Crippen molar-refractivity contribution in [3.05, 3.63) is 606 Å². The van der Waals surface area contributed by atoms with E-state index in [0.29, 0.717) is 5.56 Å². The van der Waals surface area contributed by atoms with Gasteiger partial charge in [-0.25, -0.2) is 0 Å². The molecule has 0 aromatic heterocycles. The average Bonchev–Trinajstić information content (AvgIpc) is 0.681. The summed E-state index contributed by atoms with van der Waals surface area (Å²) in [5.74, 6) is 0. The molecule has 0 heteroatoms. The lowest BCUT2D eigenvalue weighted by molar-refractivity contribution is 1.63. The first kappa shape index (κ1) is 65.7. The van der Waals surface area contributed by atoms with Crippen LogP contribution in [0.25, 0.3) is 274 Å². The smallest absolute Gasteiger partial charge is 0.0622 e. The van der Waals surface area contributed by atoms with E-state index in [2.05, 4.69) is 370 Å². The molecule has 150 heavy (non-hydrogen) atoms. The van der Waals surface area contributed by atoms with Crippen molar-refractivity contribution in [2.45, 2.75) is 0 Å². The molecule has 0 saturated carbocycles. The Bertz CT molecular complexity index is 11900. The van der Waals surface area contributed by atoms with Gasteiger partial charge in [-0.05, 0) is 310 Å². The molecule has 0 spiro atoms. The summed E-state index contributed by atoms with van der Waals surface area (Å²) in [6.07, 6.45) is 0. The second kappa shape index (κ2) is 40.2. The number of hydrogen-bond acceptors (Lipinski definition) is 0. The van der Waals surface area contributed by atoms with Crippen molar-refractivity contribution in [2.75, 3.05) is 0 Å². The van der Waals surface area contributed by atoms with E-state index in [1.165, 1.54) is 153 Å². The molecular weight excluding hydrogens is 1800 g/mol. The summed E-state index contributed by atoms with van der Waals surface area (Å²) in [5.41, 5.74) is 19.1. The molecule has 29 rings (SSSR count). The molecule has 0 aliphatic heterocycles. The molecule has 0 saturated heterocycles. The van der Waals surface area contributed by atoms with Gasteiger partial charge in [-0.2, -0.15) is 0 Å². The van der Waals surface area contributed by atoms with Crippen LogP contribution >= 0.6 is 0 Å². The maximum atomic E-state index is 9.84. The van der Waals surface area contributed by atoms with Crippen molar-refractivity contribution in [1.29, 1.82) is 0 Å². The maximum Gasteiger partial charge on any atom is 0.0636 e. The largest absolute Gasteiger partial charge is 0.0636 e. The summed E-state index contributed by atoms with van der Waals surface area (Å²) < 4.78 is 235. The summed E-state index contributed by atoms with van der Waals surface area (Å²) in [5, 5.41) is 18.9. The van der Waals surface area contributed by atoms with Crippen molar-refractivity contribution in [3.8, 4) is 145 Å². The van der Waals surface area contributed by atoms with E-state index in [9.17, 15) is 5.48 Å². The standard InChI is InChI=1S/C46H30.2C36H24.C32H22.H2/c1-3-14-32(15-4-1)45-41-21-9-10-22-42(41)46(33-16-5-2-6-17-33)44-30-36(26-28-43(44)45)39-24-12-19-34-29-35(25-27-40(34)39)38-23-11-18-31-13-7-8-20-37(31)38;1-3-13-26(14-4-1)35-31-19-9-10-20-32(31)36(27-15-5-2-6-16-27)34-24-28(22-23-33(34)35)30-21-11-17-25-12-7-8-18-29(25)30;1-3-12-26(13-4-1)35-31-17-9-10-18-32(31)36(27-14-5-2-6-15-27)34-24-30(21-22-33(34)35)29-20-19-25-11-7-8-16-28(25)23-29;1-4-12-23(13-5-1)26-20-21-29-30(22-26)32(25-16-8-3-9-17-25)28-19-11-10-18-27(28)31(29)24-14-6-2-7-15-24;/h1-30H;2*1-24H;1-22H;1H/i;1D,2D,3D,4D,5D,6D,7D,9D,10D,11D,12D,13D,14D,15D,16D,17D,18D,19D,20D,22D,23D,24D;;1D,4D,5D,12D,13D;1+1. The van der Waals surface area contributed by atoms with Crippen LogP contribution in [0.5, 0.6) is 0 Å². The Morgan fingerprint density at radius 1 is 0.107 bits per heavy atom. The highest BCUT2D eigenvalue weighted by Crippen LogP contribution is 2.52. The number of hydrogen-bond donors (Lipinski definition) is 0. The van der Waals surface area contributed by atoms with E-state index >= 15 is 0 Å². The van der Waals surface area contributed by atoms with E-state index in [4.69, 9.17) is 31.5 Å². The summed E-state index contributed by atoms with van der Waals surface area (Å²) in [4.78, 5) is 0. The minimum absolute atomic E-state index is 0. The second-order valence-electron chi connectivity index (χ2n) is 36.8. The second-order valence-corrected chi connectivity index (χ2v) is 36.8. The van der Waals surface area contributed by atoms with Crippen molar-refractivity contribution in [1.82, 2.24) is 0 Å². The van der Waals surface area contributed by atoms with Crippen LogP contribution in [0.2, 0.25) is 0 Å². The van der Waals surface area contributed by atoms with Gasteiger partial charge in [-0.15, -0.1) is 0 Å². The average molecular weight is 1930 g/mol. The Kier molecular flexibility index (Phi) is 17.6. The number of rotatable bonds is 13. The monoisotopic (exact) mass is 1930 g/mol. The van der Waals surface area contributed by atoms with E-state index in [1.54, 1.807) is 0 Å². The van der Waals surface area contributed by atoms with Gasteiger partial charge >= 0.3 is 0 Å². The van der Waals surface area contributed by atoms with Gasteiger partial charge in [-0.3, -0.25) is 0 Å². The fraction of sp³-hybridized carbons (Fsp3) is 0. The van der Waals surface area contributed by atoms with E-state index in [1.807, 2.05) is 60.7 Å². The van der Waals surface area contributed by atoms with Crippen LogP contribution in [0.1, 0.15) is 38.4 Å². The summed E-state index contributed by atoms with van der Waals surface area (Å²) in [6.45, 7) is 0. The molecule has 0 aliphatic carbocycles. The molecule has 0 unspecified atom stereocenters. The lowest BCUT2D eigenvalue weighted by Gasteiger charge is -2.19. The number of fused-ring (bicyclic) bond motifs is 12. The summed E-state index contributed by atoms with van der Waals surface area (Å²) in [6, 6.07) is 137. The van der Waals surface area contributed by atoms with Gasteiger partial charge in [0.15, 0.2) is 0 Å². The number of benzene rings is 29. The normalized spacial score (nSPS) is 13.9. The third kappa shape index (κ3) is 17.1. The van der Waals surface area contributed by atoms with Crippen molar-refractivity contribution in [2.24, 2.45) is 0 Å². The molecule has 0 N–H and O–H groups in total. The van der Waals surface area contributed by atoms with Gasteiger partial charge in [-0.1, -0.05) is 570 Å². The van der Waals surface area contributed by atoms with E-state index in [0.717, 1.165) is 55.9 Å². The quantitative estimate of drug-likeness (QED) is 0.101. The zero-order valence-corrected chi connectivity index (χ0v) is 80.6. The van der Waals surface area contributed by atoms with Gasteiger partial charge in [0, 0.05) is 1.43 Å².